The first-order valence-electron chi connectivity index (χ1n) is 6.15. The quantitative estimate of drug-likeness (QED) is 0.620. The van der Waals surface area contributed by atoms with Crippen molar-refractivity contribution in [2.24, 2.45) is 0 Å². The monoisotopic (exact) mass is 400 g/mol. The van der Waals surface area contributed by atoms with Crippen molar-refractivity contribution in [1.82, 2.24) is 0 Å². The van der Waals surface area contributed by atoms with Crippen LogP contribution in [0.2, 0.25) is 5.02 Å². The summed E-state index contributed by atoms with van der Waals surface area (Å²) in [6, 6.07) is 12.6. The van der Waals surface area contributed by atoms with E-state index in [-0.39, 0.29) is 5.91 Å². The third-order valence-corrected chi connectivity index (χ3v) is 4.10. The molecule has 104 valence electrons. The van der Waals surface area contributed by atoms with Gasteiger partial charge in [-0.1, -0.05) is 11.6 Å². The Balaban J connectivity index is 2.38. The van der Waals surface area contributed by atoms with E-state index < -0.39 is 0 Å². The lowest BCUT2D eigenvalue weighted by Gasteiger charge is -2.22. The Morgan fingerprint density at radius 3 is 2.50 bits per heavy atom. The van der Waals surface area contributed by atoms with Crippen molar-refractivity contribution in [2.45, 2.75) is 6.92 Å². The van der Waals surface area contributed by atoms with Crippen LogP contribution in [0, 0.1) is 3.57 Å². The van der Waals surface area contributed by atoms with Crippen molar-refractivity contribution >= 4 is 51.5 Å². The fraction of sp³-hybridized carbons (Fsp3) is 0.133. The molecule has 0 saturated carbocycles. The molecule has 5 heteroatoms. The van der Waals surface area contributed by atoms with Crippen LogP contribution in [0.5, 0.6) is 0 Å². The molecule has 3 nitrogen and oxygen atoms in total. The maximum atomic E-state index is 12.7. The first-order valence-corrected chi connectivity index (χ1v) is 7.61. The van der Waals surface area contributed by atoms with Gasteiger partial charge in [-0.3, -0.25) is 4.79 Å². The number of rotatable bonds is 3. The second-order valence-electron chi connectivity index (χ2n) is 4.27. The first-order chi connectivity index (χ1) is 9.52. The molecular weight excluding hydrogens is 387 g/mol. The Bertz CT molecular complexity index is 628. The molecule has 0 bridgehead atoms. The van der Waals surface area contributed by atoms with Crippen molar-refractivity contribution in [3.8, 4) is 0 Å². The van der Waals surface area contributed by atoms with Crippen LogP contribution in [-0.4, -0.2) is 12.5 Å². The molecule has 0 unspecified atom stereocenters. The lowest BCUT2D eigenvalue weighted by Crippen LogP contribution is -2.31. The normalized spacial score (nSPS) is 10.3. The predicted molar refractivity (Wildman–Crippen MR) is 92.4 cm³/mol. The molecule has 0 aliphatic heterocycles. The molecule has 0 aliphatic rings. The van der Waals surface area contributed by atoms with Crippen LogP contribution in [0.1, 0.15) is 17.3 Å². The van der Waals surface area contributed by atoms with Crippen molar-refractivity contribution in [1.29, 1.82) is 0 Å². The maximum Gasteiger partial charge on any atom is 0.259 e. The molecule has 0 fully saturated rings. The summed E-state index contributed by atoms with van der Waals surface area (Å²) in [5.41, 5.74) is 7.78. The number of anilines is 2. The number of carbonyl (C=O) groups excluding carboxylic acids is 1. The fourth-order valence-corrected chi connectivity index (χ4v) is 2.64. The molecule has 0 atom stereocenters. The third kappa shape index (κ3) is 3.24. The molecule has 0 heterocycles. The van der Waals surface area contributed by atoms with E-state index in [1.54, 1.807) is 29.2 Å². The van der Waals surface area contributed by atoms with Gasteiger partial charge in [0.2, 0.25) is 0 Å². The van der Waals surface area contributed by atoms with Crippen LogP contribution in [0.3, 0.4) is 0 Å². The van der Waals surface area contributed by atoms with E-state index in [9.17, 15) is 4.79 Å². The van der Waals surface area contributed by atoms with E-state index in [4.69, 9.17) is 17.3 Å². The molecule has 2 rings (SSSR count). The van der Waals surface area contributed by atoms with Crippen molar-refractivity contribution in [3.05, 3.63) is 56.6 Å². The van der Waals surface area contributed by atoms with Gasteiger partial charge in [-0.05, 0) is 72.0 Å². The average molecular weight is 401 g/mol. The Labute approximate surface area is 136 Å². The van der Waals surface area contributed by atoms with Crippen molar-refractivity contribution in [3.63, 3.8) is 0 Å². The van der Waals surface area contributed by atoms with E-state index in [0.717, 1.165) is 9.26 Å². The first kappa shape index (κ1) is 15.1. The number of benzene rings is 2. The summed E-state index contributed by atoms with van der Waals surface area (Å²) in [4.78, 5) is 14.4. The van der Waals surface area contributed by atoms with Crippen LogP contribution in [-0.2, 0) is 0 Å². The van der Waals surface area contributed by atoms with E-state index in [0.29, 0.717) is 22.8 Å². The van der Waals surface area contributed by atoms with Gasteiger partial charge in [0.15, 0.2) is 0 Å². The van der Waals surface area contributed by atoms with Gasteiger partial charge >= 0.3 is 0 Å². The largest absolute Gasteiger partial charge is 0.399 e. The molecule has 1 amide bonds. The predicted octanol–water partition coefficient (Wildman–Crippen LogP) is 4.19. The Morgan fingerprint density at radius 1 is 1.25 bits per heavy atom. The highest BCUT2D eigenvalue weighted by Crippen LogP contribution is 2.23. The van der Waals surface area contributed by atoms with Crippen LogP contribution in [0.4, 0.5) is 11.4 Å². The lowest BCUT2D eigenvalue weighted by atomic mass is 10.1. The fourth-order valence-electron chi connectivity index (χ4n) is 1.90. The summed E-state index contributed by atoms with van der Waals surface area (Å²) in [6.07, 6.45) is 0. The van der Waals surface area contributed by atoms with Crippen LogP contribution < -0.4 is 10.6 Å². The molecule has 0 radical (unpaired) electrons. The van der Waals surface area contributed by atoms with Crippen LogP contribution in [0.15, 0.2) is 42.5 Å². The van der Waals surface area contributed by atoms with Gasteiger partial charge in [0.25, 0.3) is 5.91 Å². The summed E-state index contributed by atoms with van der Waals surface area (Å²) in [5.74, 6) is -0.0656. The summed E-state index contributed by atoms with van der Waals surface area (Å²) in [7, 11) is 0. The number of nitrogen functional groups attached to an aromatic ring is 1. The smallest absolute Gasteiger partial charge is 0.259 e. The number of amides is 1. The maximum absolute atomic E-state index is 12.7. The van der Waals surface area contributed by atoms with E-state index in [2.05, 4.69) is 22.6 Å². The van der Waals surface area contributed by atoms with Crippen molar-refractivity contribution < 1.29 is 4.79 Å². The standard InChI is InChI=1S/C15H14ClIN2O/c1-2-19(12-6-4-11(18)5-7-12)15(20)13-9-10(16)3-8-14(13)17/h3-9H,2,18H2,1H3. The molecule has 2 N–H and O–H groups in total. The molecule has 0 aliphatic carbocycles. The second kappa shape index (κ2) is 6.45. The molecule has 0 saturated heterocycles. The zero-order chi connectivity index (χ0) is 14.7. The van der Waals surface area contributed by atoms with Gasteiger partial charge in [0.05, 0.1) is 5.56 Å². The highest BCUT2D eigenvalue weighted by atomic mass is 127. The topological polar surface area (TPSA) is 46.3 Å². The molecule has 2 aromatic rings. The van der Waals surface area contributed by atoms with Gasteiger partial charge in [-0.2, -0.15) is 0 Å². The highest BCUT2D eigenvalue weighted by molar-refractivity contribution is 14.1. The van der Waals surface area contributed by atoms with Crippen molar-refractivity contribution in [2.75, 3.05) is 17.2 Å². The Hall–Kier alpha value is -1.27. The molecule has 0 spiro atoms. The summed E-state index contributed by atoms with van der Waals surface area (Å²) in [6.45, 7) is 2.51. The van der Waals surface area contributed by atoms with Crippen LogP contribution in [0.25, 0.3) is 0 Å². The minimum absolute atomic E-state index is 0.0656. The van der Waals surface area contributed by atoms with Gasteiger partial charge in [0, 0.05) is 26.5 Å². The lowest BCUT2D eigenvalue weighted by molar-refractivity contribution is 0.0987. The van der Waals surface area contributed by atoms with E-state index >= 15 is 0 Å². The molecular formula is C15H14ClIN2O. The number of nitrogens with zero attached hydrogens (tertiary/aromatic N) is 1. The molecule has 20 heavy (non-hydrogen) atoms. The summed E-state index contributed by atoms with van der Waals surface area (Å²) < 4.78 is 0.880. The van der Waals surface area contributed by atoms with Gasteiger partial charge in [-0.15, -0.1) is 0 Å². The zero-order valence-corrected chi connectivity index (χ0v) is 13.9. The number of halogens is 2. The summed E-state index contributed by atoms with van der Waals surface area (Å²) in [5, 5.41) is 0.558. The minimum Gasteiger partial charge on any atom is -0.399 e. The third-order valence-electron chi connectivity index (χ3n) is 2.92. The summed E-state index contributed by atoms with van der Waals surface area (Å²) >= 11 is 8.13. The number of hydrogen-bond donors (Lipinski definition) is 1. The number of carbonyl (C=O) groups is 1. The van der Waals surface area contributed by atoms with Gasteiger partial charge < -0.3 is 10.6 Å². The highest BCUT2D eigenvalue weighted by Gasteiger charge is 2.18. The zero-order valence-electron chi connectivity index (χ0n) is 10.9. The Kier molecular flexibility index (Phi) is 4.88. The van der Waals surface area contributed by atoms with Crippen LogP contribution >= 0.6 is 34.2 Å². The second-order valence-corrected chi connectivity index (χ2v) is 5.86. The minimum atomic E-state index is -0.0656. The van der Waals surface area contributed by atoms with E-state index in [1.807, 2.05) is 25.1 Å². The number of hydrogen-bond acceptors (Lipinski definition) is 2. The molecule has 0 aromatic heterocycles. The average Bonchev–Trinajstić information content (AvgIpc) is 2.44. The Morgan fingerprint density at radius 2 is 1.90 bits per heavy atom. The van der Waals surface area contributed by atoms with Gasteiger partial charge in [-0.25, -0.2) is 0 Å². The number of nitrogens with two attached hydrogens (primary N) is 1. The van der Waals surface area contributed by atoms with E-state index in [1.165, 1.54) is 0 Å². The molecule has 2 aromatic carbocycles. The SMILES string of the molecule is CCN(C(=O)c1cc(Cl)ccc1I)c1ccc(N)cc1. The van der Waals surface area contributed by atoms with Gasteiger partial charge in [0.1, 0.15) is 0 Å².